The Balaban J connectivity index is 1.69. The van der Waals surface area contributed by atoms with Crippen molar-refractivity contribution in [1.82, 2.24) is 15.0 Å². The second kappa shape index (κ2) is 8.34. The van der Waals surface area contributed by atoms with E-state index in [-0.39, 0.29) is 24.3 Å². The van der Waals surface area contributed by atoms with Crippen molar-refractivity contribution in [2.24, 2.45) is 0 Å². The Morgan fingerprint density at radius 2 is 1.82 bits per heavy atom. The quantitative estimate of drug-likeness (QED) is 0.628. The minimum absolute atomic E-state index is 0.0349. The summed E-state index contributed by atoms with van der Waals surface area (Å²) >= 11 is 0. The minimum Gasteiger partial charge on any atom is -0.496 e. The van der Waals surface area contributed by atoms with Gasteiger partial charge in [-0.15, -0.1) is 0 Å². The van der Waals surface area contributed by atoms with Crippen molar-refractivity contribution in [3.8, 4) is 5.75 Å². The fourth-order valence-corrected chi connectivity index (χ4v) is 2.48. The summed E-state index contributed by atoms with van der Waals surface area (Å²) in [6, 6.07) is 12.8. The van der Waals surface area contributed by atoms with Crippen LogP contribution in [0.3, 0.4) is 0 Å². The molecule has 3 N–H and O–H groups in total. The number of nitrogens with two attached hydrogens (primary N) is 1. The zero-order chi connectivity index (χ0) is 20.1. The Morgan fingerprint density at radius 1 is 1.07 bits per heavy atom. The van der Waals surface area contributed by atoms with Crippen LogP contribution in [0.15, 0.2) is 42.5 Å². The summed E-state index contributed by atoms with van der Waals surface area (Å²) in [7, 11) is 1.55. The number of nitrogens with one attached hydrogen (secondary N) is 1. The minimum atomic E-state index is -0.509. The monoisotopic (exact) mass is 379 g/mol. The number of benzene rings is 2. The number of nitrogen functional groups attached to an aromatic ring is 1. The van der Waals surface area contributed by atoms with E-state index in [1.165, 1.54) is 0 Å². The summed E-state index contributed by atoms with van der Waals surface area (Å²) in [6.45, 7) is 3.76. The van der Waals surface area contributed by atoms with Crippen LogP contribution >= 0.6 is 0 Å². The number of hydrogen-bond acceptors (Lipinski definition) is 8. The van der Waals surface area contributed by atoms with Gasteiger partial charge in [0.1, 0.15) is 5.75 Å². The van der Waals surface area contributed by atoms with Crippen LogP contribution in [0.5, 0.6) is 5.75 Å². The lowest BCUT2D eigenvalue weighted by Crippen LogP contribution is -2.11. The van der Waals surface area contributed by atoms with Gasteiger partial charge in [-0.05, 0) is 43.7 Å². The van der Waals surface area contributed by atoms with Crippen molar-refractivity contribution < 1.29 is 14.3 Å². The third kappa shape index (κ3) is 4.73. The fraction of sp³-hybridized carbons (Fsp3) is 0.200. The van der Waals surface area contributed by atoms with E-state index >= 15 is 0 Å². The lowest BCUT2D eigenvalue weighted by molar-refractivity contribution is 0.0462. The van der Waals surface area contributed by atoms with Gasteiger partial charge in [-0.1, -0.05) is 23.8 Å². The van der Waals surface area contributed by atoms with Crippen molar-refractivity contribution in [3.05, 3.63) is 65.0 Å². The Hall–Kier alpha value is -3.68. The summed E-state index contributed by atoms with van der Waals surface area (Å²) in [5.41, 5.74) is 9.01. The molecule has 0 bridgehead atoms. The maximum absolute atomic E-state index is 12.3. The summed E-state index contributed by atoms with van der Waals surface area (Å²) in [5, 5.41) is 3.05. The molecule has 0 fully saturated rings. The smallest absolute Gasteiger partial charge is 0.338 e. The van der Waals surface area contributed by atoms with E-state index in [0.29, 0.717) is 11.3 Å². The molecule has 0 aliphatic carbocycles. The van der Waals surface area contributed by atoms with Crippen LogP contribution < -0.4 is 15.8 Å². The highest BCUT2D eigenvalue weighted by molar-refractivity contribution is 5.90. The molecule has 3 aromatic rings. The Labute approximate surface area is 162 Å². The molecule has 0 amide bonds. The largest absolute Gasteiger partial charge is 0.496 e. The van der Waals surface area contributed by atoms with E-state index in [1.807, 2.05) is 38.1 Å². The topological polar surface area (TPSA) is 112 Å². The molecule has 0 radical (unpaired) electrons. The standard InChI is InChI=1S/C20H21N5O3/c1-12-4-8-15(9-5-12)22-20-24-17(23-19(21)25-20)11-28-18(26)14-7-6-13(2)16(10-14)27-3/h4-10H,11H2,1-3H3,(H3,21,22,23,24,25). The molecule has 8 nitrogen and oxygen atoms in total. The van der Waals surface area contributed by atoms with Gasteiger partial charge < -0.3 is 20.5 Å². The van der Waals surface area contributed by atoms with E-state index in [9.17, 15) is 4.79 Å². The number of carbonyl (C=O) groups is 1. The van der Waals surface area contributed by atoms with Gasteiger partial charge in [0, 0.05) is 5.69 Å². The van der Waals surface area contributed by atoms with Crippen LogP contribution in [0.4, 0.5) is 17.6 Å². The molecule has 8 heteroatoms. The third-order valence-corrected chi connectivity index (χ3v) is 3.98. The van der Waals surface area contributed by atoms with Gasteiger partial charge in [-0.2, -0.15) is 15.0 Å². The predicted octanol–water partition coefficient (Wildman–Crippen LogP) is 3.18. The molecule has 0 saturated heterocycles. The van der Waals surface area contributed by atoms with Crippen LogP contribution in [0.1, 0.15) is 27.3 Å². The Morgan fingerprint density at radius 3 is 2.54 bits per heavy atom. The Kier molecular flexibility index (Phi) is 5.69. The van der Waals surface area contributed by atoms with Crippen LogP contribution in [0, 0.1) is 13.8 Å². The van der Waals surface area contributed by atoms with Crippen LogP contribution in [-0.2, 0) is 11.3 Å². The molecule has 3 rings (SSSR count). The van der Waals surface area contributed by atoms with Gasteiger partial charge in [0.15, 0.2) is 12.4 Å². The summed E-state index contributed by atoms with van der Waals surface area (Å²) in [5.74, 6) is 0.662. The molecule has 0 aliphatic heterocycles. The summed E-state index contributed by atoms with van der Waals surface area (Å²) in [4.78, 5) is 24.6. The van der Waals surface area contributed by atoms with E-state index in [2.05, 4.69) is 20.3 Å². The summed E-state index contributed by atoms with van der Waals surface area (Å²) < 4.78 is 10.5. The maximum Gasteiger partial charge on any atom is 0.338 e. The molecule has 1 heterocycles. The summed E-state index contributed by atoms with van der Waals surface area (Å²) in [6.07, 6.45) is 0. The number of rotatable bonds is 6. The molecule has 2 aromatic carbocycles. The molecule has 0 saturated carbocycles. The first-order valence-electron chi connectivity index (χ1n) is 8.60. The highest BCUT2D eigenvalue weighted by Crippen LogP contribution is 2.20. The van der Waals surface area contributed by atoms with Crippen LogP contribution in [0.25, 0.3) is 0 Å². The molecular formula is C20H21N5O3. The molecule has 0 atom stereocenters. The molecule has 28 heavy (non-hydrogen) atoms. The number of carbonyl (C=O) groups excluding carboxylic acids is 1. The Bertz CT molecular complexity index is 990. The third-order valence-electron chi connectivity index (χ3n) is 3.98. The average molecular weight is 379 g/mol. The average Bonchev–Trinajstić information content (AvgIpc) is 2.68. The first-order chi connectivity index (χ1) is 13.4. The zero-order valence-corrected chi connectivity index (χ0v) is 15.9. The van der Waals surface area contributed by atoms with Gasteiger partial charge in [0.05, 0.1) is 12.7 Å². The second-order valence-electron chi connectivity index (χ2n) is 6.19. The molecule has 0 spiro atoms. The molecule has 0 unspecified atom stereocenters. The van der Waals surface area contributed by atoms with E-state index in [1.54, 1.807) is 25.3 Å². The predicted molar refractivity (Wildman–Crippen MR) is 106 cm³/mol. The van der Waals surface area contributed by atoms with E-state index < -0.39 is 5.97 Å². The first-order valence-corrected chi connectivity index (χ1v) is 8.60. The SMILES string of the molecule is COc1cc(C(=O)OCc2nc(N)nc(Nc3ccc(C)cc3)n2)ccc1C. The van der Waals surface area contributed by atoms with Crippen molar-refractivity contribution in [3.63, 3.8) is 0 Å². The number of methoxy groups -OCH3 is 1. The normalized spacial score (nSPS) is 10.4. The number of anilines is 3. The van der Waals surface area contributed by atoms with Crippen molar-refractivity contribution in [2.75, 3.05) is 18.2 Å². The van der Waals surface area contributed by atoms with Crippen LogP contribution in [0.2, 0.25) is 0 Å². The van der Waals surface area contributed by atoms with Gasteiger partial charge >= 0.3 is 5.97 Å². The van der Waals surface area contributed by atoms with Gasteiger partial charge in [-0.3, -0.25) is 0 Å². The van der Waals surface area contributed by atoms with E-state index in [4.69, 9.17) is 15.2 Å². The number of hydrogen-bond donors (Lipinski definition) is 2. The number of nitrogens with zero attached hydrogens (tertiary/aromatic N) is 3. The number of esters is 1. The lowest BCUT2D eigenvalue weighted by atomic mass is 10.1. The molecule has 1 aromatic heterocycles. The number of aryl methyl sites for hydroxylation is 2. The second-order valence-corrected chi connectivity index (χ2v) is 6.19. The molecule has 144 valence electrons. The highest BCUT2D eigenvalue weighted by atomic mass is 16.5. The fourth-order valence-electron chi connectivity index (χ4n) is 2.48. The van der Waals surface area contributed by atoms with E-state index in [0.717, 1.165) is 16.8 Å². The lowest BCUT2D eigenvalue weighted by Gasteiger charge is -2.09. The van der Waals surface area contributed by atoms with Crippen molar-refractivity contribution >= 4 is 23.6 Å². The maximum atomic E-state index is 12.3. The van der Waals surface area contributed by atoms with Crippen LogP contribution in [-0.4, -0.2) is 28.0 Å². The van der Waals surface area contributed by atoms with Gasteiger partial charge in [0.25, 0.3) is 0 Å². The molecule has 0 aliphatic rings. The number of ether oxygens (including phenoxy) is 2. The number of aromatic nitrogens is 3. The zero-order valence-electron chi connectivity index (χ0n) is 15.9. The van der Waals surface area contributed by atoms with Crippen molar-refractivity contribution in [2.45, 2.75) is 20.5 Å². The van der Waals surface area contributed by atoms with Gasteiger partial charge in [-0.25, -0.2) is 4.79 Å². The highest BCUT2D eigenvalue weighted by Gasteiger charge is 2.12. The van der Waals surface area contributed by atoms with Gasteiger partial charge in [0.2, 0.25) is 11.9 Å². The van der Waals surface area contributed by atoms with Crippen molar-refractivity contribution in [1.29, 1.82) is 0 Å². The molecular weight excluding hydrogens is 358 g/mol. The first kappa shape index (κ1) is 19.1.